The van der Waals surface area contributed by atoms with Crippen LogP contribution in [0.15, 0.2) is 28.2 Å². The normalized spacial score (nSPS) is 19.6. The van der Waals surface area contributed by atoms with Gasteiger partial charge in [-0.3, -0.25) is 4.90 Å². The molecule has 1 aliphatic carbocycles. The summed E-state index contributed by atoms with van der Waals surface area (Å²) in [4.78, 5) is 22.0. The topological polar surface area (TPSA) is 127 Å². The lowest BCUT2D eigenvalue weighted by molar-refractivity contribution is 0.0697. The molecule has 1 aromatic rings. The molecule has 2 aliphatic rings. The SMILES string of the molecule is COc1ccc(C(=O)O)c(N2C(N)=NC(N)=NC23CCCCC3)c1. The van der Waals surface area contributed by atoms with Crippen molar-refractivity contribution in [2.75, 3.05) is 12.0 Å². The van der Waals surface area contributed by atoms with Crippen molar-refractivity contribution in [1.82, 2.24) is 0 Å². The van der Waals surface area contributed by atoms with Gasteiger partial charge in [0.15, 0.2) is 0 Å². The van der Waals surface area contributed by atoms with E-state index in [2.05, 4.69) is 9.98 Å². The highest BCUT2D eigenvalue weighted by atomic mass is 16.5. The molecule has 128 valence electrons. The number of nitrogens with zero attached hydrogens (tertiary/aromatic N) is 3. The molecule has 0 radical (unpaired) electrons. The molecule has 0 atom stereocenters. The van der Waals surface area contributed by atoms with Crippen LogP contribution in [0.5, 0.6) is 5.75 Å². The van der Waals surface area contributed by atoms with Crippen LogP contribution in [0.3, 0.4) is 0 Å². The quantitative estimate of drug-likeness (QED) is 0.770. The predicted octanol–water partition coefficient (Wildman–Crippen LogP) is 1.50. The van der Waals surface area contributed by atoms with Gasteiger partial charge < -0.3 is 21.3 Å². The van der Waals surface area contributed by atoms with Gasteiger partial charge in [-0.15, -0.1) is 0 Å². The van der Waals surface area contributed by atoms with Crippen molar-refractivity contribution in [3.05, 3.63) is 23.8 Å². The number of aliphatic imine (C=N–C) groups is 2. The van der Waals surface area contributed by atoms with Gasteiger partial charge in [0.2, 0.25) is 11.9 Å². The summed E-state index contributed by atoms with van der Waals surface area (Å²) in [6.45, 7) is 0. The number of anilines is 1. The smallest absolute Gasteiger partial charge is 0.337 e. The van der Waals surface area contributed by atoms with Gasteiger partial charge in [0.25, 0.3) is 0 Å². The van der Waals surface area contributed by atoms with Crippen LogP contribution < -0.4 is 21.1 Å². The Kier molecular flexibility index (Phi) is 4.04. The molecule has 0 unspecified atom stereocenters. The van der Waals surface area contributed by atoms with Gasteiger partial charge in [-0.1, -0.05) is 6.42 Å². The van der Waals surface area contributed by atoms with Crippen LogP contribution in [0.2, 0.25) is 0 Å². The van der Waals surface area contributed by atoms with Gasteiger partial charge in [-0.05, 0) is 37.8 Å². The fourth-order valence-electron chi connectivity index (χ4n) is 3.47. The minimum Gasteiger partial charge on any atom is -0.497 e. The van der Waals surface area contributed by atoms with E-state index in [4.69, 9.17) is 16.2 Å². The largest absolute Gasteiger partial charge is 0.497 e. The van der Waals surface area contributed by atoms with Crippen molar-refractivity contribution in [1.29, 1.82) is 0 Å². The standard InChI is InChI=1S/C16H21N5O3/c1-24-10-5-6-11(13(22)23)12(9-10)21-15(18)19-14(17)20-16(21)7-3-2-4-8-16/h5-6,9H,2-4,7-8H2,1H3,(H,22,23)(H4,17,18,19,20). The molecule has 8 heteroatoms. The van der Waals surface area contributed by atoms with E-state index in [1.807, 2.05) is 0 Å². The van der Waals surface area contributed by atoms with Gasteiger partial charge in [0.05, 0.1) is 18.4 Å². The van der Waals surface area contributed by atoms with Crippen molar-refractivity contribution in [3.63, 3.8) is 0 Å². The maximum atomic E-state index is 11.7. The van der Waals surface area contributed by atoms with Crippen LogP contribution in [0.4, 0.5) is 5.69 Å². The summed E-state index contributed by atoms with van der Waals surface area (Å²) in [5.41, 5.74) is 11.8. The zero-order valence-corrected chi connectivity index (χ0v) is 13.5. The van der Waals surface area contributed by atoms with E-state index in [9.17, 15) is 9.90 Å². The minimum atomic E-state index is -1.05. The van der Waals surface area contributed by atoms with E-state index in [-0.39, 0.29) is 17.5 Å². The van der Waals surface area contributed by atoms with Gasteiger partial charge >= 0.3 is 5.97 Å². The summed E-state index contributed by atoms with van der Waals surface area (Å²) in [5.74, 6) is -0.226. The lowest BCUT2D eigenvalue weighted by Crippen LogP contribution is -2.58. The van der Waals surface area contributed by atoms with Crippen molar-refractivity contribution in [2.45, 2.75) is 37.8 Å². The Morgan fingerprint density at radius 1 is 1.29 bits per heavy atom. The third-order valence-corrected chi connectivity index (χ3v) is 4.53. The third-order valence-electron chi connectivity index (χ3n) is 4.53. The lowest BCUT2D eigenvalue weighted by atomic mass is 9.87. The molecule has 0 saturated heterocycles. The first-order valence-corrected chi connectivity index (χ1v) is 7.88. The number of hydrogen-bond donors (Lipinski definition) is 3. The highest BCUT2D eigenvalue weighted by Gasteiger charge is 2.43. The second-order valence-electron chi connectivity index (χ2n) is 6.01. The van der Waals surface area contributed by atoms with Crippen LogP contribution in [-0.4, -0.2) is 35.8 Å². The zero-order valence-electron chi connectivity index (χ0n) is 13.5. The number of hydrogen-bond acceptors (Lipinski definition) is 7. The van der Waals surface area contributed by atoms with Crippen LogP contribution >= 0.6 is 0 Å². The molecule has 1 spiro atoms. The van der Waals surface area contributed by atoms with Crippen LogP contribution in [-0.2, 0) is 0 Å². The molecular formula is C16H21N5O3. The molecule has 1 heterocycles. The number of nitrogens with two attached hydrogens (primary N) is 2. The third kappa shape index (κ3) is 2.64. The van der Waals surface area contributed by atoms with Gasteiger partial charge in [-0.2, -0.15) is 4.99 Å². The number of benzene rings is 1. The first-order chi connectivity index (χ1) is 11.5. The Labute approximate surface area is 139 Å². The molecule has 24 heavy (non-hydrogen) atoms. The zero-order chi connectivity index (χ0) is 17.3. The van der Waals surface area contributed by atoms with Crippen molar-refractivity contribution >= 4 is 23.6 Å². The van der Waals surface area contributed by atoms with E-state index in [1.165, 1.54) is 13.2 Å². The second-order valence-corrected chi connectivity index (χ2v) is 6.01. The Morgan fingerprint density at radius 2 is 2.00 bits per heavy atom. The van der Waals surface area contributed by atoms with Crippen LogP contribution in [0, 0.1) is 0 Å². The van der Waals surface area contributed by atoms with E-state index in [0.717, 1.165) is 32.1 Å². The van der Waals surface area contributed by atoms with Gasteiger partial charge in [0, 0.05) is 6.07 Å². The van der Waals surface area contributed by atoms with E-state index in [0.29, 0.717) is 11.4 Å². The fraction of sp³-hybridized carbons (Fsp3) is 0.438. The Morgan fingerprint density at radius 3 is 2.62 bits per heavy atom. The molecule has 0 aromatic heterocycles. The summed E-state index contributed by atoms with van der Waals surface area (Å²) in [6.07, 6.45) is 4.51. The van der Waals surface area contributed by atoms with Crippen LogP contribution in [0.1, 0.15) is 42.5 Å². The molecule has 1 saturated carbocycles. The monoisotopic (exact) mass is 331 g/mol. The number of carboxylic acid groups (broad SMARTS) is 1. The minimum absolute atomic E-state index is 0.120. The van der Waals surface area contributed by atoms with E-state index < -0.39 is 11.6 Å². The first kappa shape index (κ1) is 16.1. The molecule has 3 rings (SSSR count). The summed E-state index contributed by atoms with van der Waals surface area (Å²) in [6, 6.07) is 4.76. The maximum absolute atomic E-state index is 11.7. The highest BCUT2D eigenvalue weighted by molar-refractivity contribution is 6.09. The number of ether oxygens (including phenoxy) is 1. The number of carbonyl (C=O) groups is 1. The molecule has 8 nitrogen and oxygen atoms in total. The average molecular weight is 331 g/mol. The van der Waals surface area contributed by atoms with E-state index >= 15 is 0 Å². The number of guanidine groups is 2. The van der Waals surface area contributed by atoms with E-state index in [1.54, 1.807) is 17.0 Å². The molecule has 1 aliphatic heterocycles. The predicted molar refractivity (Wildman–Crippen MR) is 91.5 cm³/mol. The lowest BCUT2D eigenvalue weighted by Gasteiger charge is -2.46. The van der Waals surface area contributed by atoms with Crippen molar-refractivity contribution in [3.8, 4) is 5.75 Å². The summed E-state index contributed by atoms with van der Waals surface area (Å²) in [5, 5.41) is 9.58. The summed E-state index contributed by atoms with van der Waals surface area (Å²) < 4.78 is 5.25. The van der Waals surface area contributed by atoms with Crippen molar-refractivity contribution in [2.24, 2.45) is 21.5 Å². The molecule has 1 fully saturated rings. The molecule has 0 amide bonds. The Bertz CT molecular complexity index is 722. The molecular weight excluding hydrogens is 310 g/mol. The number of carboxylic acids is 1. The fourth-order valence-corrected chi connectivity index (χ4v) is 3.47. The summed E-state index contributed by atoms with van der Waals surface area (Å²) in [7, 11) is 1.53. The number of aromatic carboxylic acids is 1. The molecule has 1 aromatic carbocycles. The summed E-state index contributed by atoms with van der Waals surface area (Å²) >= 11 is 0. The highest BCUT2D eigenvalue weighted by Crippen LogP contribution is 2.41. The van der Waals surface area contributed by atoms with Gasteiger partial charge in [0.1, 0.15) is 11.4 Å². The van der Waals surface area contributed by atoms with Crippen LogP contribution in [0.25, 0.3) is 0 Å². The molecule has 0 bridgehead atoms. The Balaban J connectivity index is 2.18. The van der Waals surface area contributed by atoms with Gasteiger partial charge in [-0.25, -0.2) is 9.79 Å². The molecule has 5 N–H and O–H groups in total. The average Bonchev–Trinajstić information content (AvgIpc) is 2.54. The second kappa shape index (κ2) is 6.03. The number of methoxy groups -OCH3 is 1. The number of rotatable bonds is 3. The Hall–Kier alpha value is -2.77. The van der Waals surface area contributed by atoms with Crippen molar-refractivity contribution < 1.29 is 14.6 Å². The maximum Gasteiger partial charge on any atom is 0.337 e. The first-order valence-electron chi connectivity index (χ1n) is 7.88.